The van der Waals surface area contributed by atoms with Crippen molar-refractivity contribution in [2.24, 2.45) is 0 Å². The molecule has 0 saturated carbocycles. The minimum atomic E-state index is 0.783. The first-order valence-corrected chi connectivity index (χ1v) is 7.43. The van der Waals surface area contributed by atoms with Crippen molar-refractivity contribution in [2.45, 2.75) is 4.90 Å². The summed E-state index contributed by atoms with van der Waals surface area (Å²) in [7, 11) is 0. The van der Waals surface area contributed by atoms with Crippen molar-refractivity contribution in [2.75, 3.05) is 11.5 Å². The molecule has 0 heterocycles. The van der Waals surface area contributed by atoms with Gasteiger partial charge in [-0.2, -0.15) is 0 Å². The van der Waals surface area contributed by atoms with Gasteiger partial charge in [0.05, 0.1) is 0 Å². The van der Waals surface area contributed by atoms with Gasteiger partial charge in [-0.25, -0.2) is 0 Å². The first-order chi connectivity index (χ1) is 8.75. The predicted octanol–water partition coefficient (Wildman–Crippen LogP) is 4.84. The van der Waals surface area contributed by atoms with E-state index in [1.54, 1.807) is 11.8 Å². The maximum atomic E-state index is 5.71. The summed E-state index contributed by atoms with van der Waals surface area (Å²) in [5.41, 5.74) is 7.72. The second-order valence-corrected chi connectivity index (χ2v) is 5.73. The zero-order valence-corrected chi connectivity index (χ0v) is 12.2. The molecule has 2 aromatic rings. The van der Waals surface area contributed by atoms with Crippen LogP contribution in [0.5, 0.6) is 0 Å². The van der Waals surface area contributed by atoms with E-state index in [0.717, 1.165) is 15.9 Å². The number of rotatable bonds is 4. The topological polar surface area (TPSA) is 26.0 Å². The zero-order chi connectivity index (χ0) is 12.8. The lowest BCUT2D eigenvalue weighted by Gasteiger charge is -2.03. The summed E-state index contributed by atoms with van der Waals surface area (Å²) in [6, 6.07) is 16.2. The van der Waals surface area contributed by atoms with E-state index >= 15 is 0 Å². The van der Waals surface area contributed by atoms with Crippen molar-refractivity contribution in [1.29, 1.82) is 0 Å². The van der Waals surface area contributed by atoms with Crippen molar-refractivity contribution in [1.82, 2.24) is 0 Å². The molecule has 2 N–H and O–H groups in total. The van der Waals surface area contributed by atoms with E-state index in [9.17, 15) is 0 Å². The Morgan fingerprint density at radius 2 is 1.89 bits per heavy atom. The number of nitrogen functional groups attached to an aromatic ring is 1. The Balaban J connectivity index is 1.91. The summed E-state index contributed by atoms with van der Waals surface area (Å²) in [5.74, 6) is 0.942. The second-order valence-electron chi connectivity index (χ2n) is 3.81. The number of hydrogen-bond acceptors (Lipinski definition) is 2. The van der Waals surface area contributed by atoms with Gasteiger partial charge in [-0.3, -0.25) is 0 Å². The Labute approximate surface area is 120 Å². The van der Waals surface area contributed by atoms with Crippen LogP contribution in [0.4, 0.5) is 5.69 Å². The van der Waals surface area contributed by atoms with E-state index < -0.39 is 0 Å². The molecule has 2 rings (SSSR count). The first-order valence-electron chi connectivity index (χ1n) is 5.65. The van der Waals surface area contributed by atoms with Gasteiger partial charge in [-0.15, -0.1) is 11.8 Å². The largest absolute Gasteiger partial charge is 0.399 e. The van der Waals surface area contributed by atoms with E-state index in [1.165, 1.54) is 10.5 Å². The van der Waals surface area contributed by atoms with Crippen LogP contribution in [0.2, 0.25) is 0 Å². The smallest absolute Gasteiger partial charge is 0.0331 e. The maximum absolute atomic E-state index is 5.71. The molecular formula is C15H14BrNS. The number of halogens is 1. The average molecular weight is 320 g/mol. The number of nitrogens with two attached hydrogens (primary N) is 1. The highest BCUT2D eigenvalue weighted by Crippen LogP contribution is 2.29. The molecule has 0 radical (unpaired) electrons. The van der Waals surface area contributed by atoms with Crippen LogP contribution < -0.4 is 5.73 Å². The van der Waals surface area contributed by atoms with Crippen molar-refractivity contribution in [3.63, 3.8) is 0 Å². The Morgan fingerprint density at radius 1 is 1.11 bits per heavy atom. The molecule has 0 spiro atoms. The van der Waals surface area contributed by atoms with E-state index in [2.05, 4.69) is 40.2 Å². The summed E-state index contributed by atoms with van der Waals surface area (Å²) in [5, 5.41) is 0. The molecule has 0 aliphatic rings. The van der Waals surface area contributed by atoms with Crippen molar-refractivity contribution >= 4 is 39.5 Å². The fourth-order valence-electron chi connectivity index (χ4n) is 1.52. The van der Waals surface area contributed by atoms with Crippen LogP contribution in [0.1, 0.15) is 5.56 Å². The summed E-state index contributed by atoms with van der Waals surface area (Å²) in [4.78, 5) is 1.21. The van der Waals surface area contributed by atoms with Gasteiger partial charge in [0.1, 0.15) is 0 Å². The van der Waals surface area contributed by atoms with Crippen LogP contribution in [0.25, 0.3) is 6.08 Å². The van der Waals surface area contributed by atoms with E-state index in [-0.39, 0.29) is 0 Å². The van der Waals surface area contributed by atoms with E-state index in [1.807, 2.05) is 36.4 Å². The molecule has 0 aromatic heterocycles. The van der Waals surface area contributed by atoms with Crippen molar-refractivity contribution in [3.8, 4) is 0 Å². The van der Waals surface area contributed by atoms with Gasteiger partial charge < -0.3 is 5.73 Å². The molecule has 3 heteroatoms. The average Bonchev–Trinajstić information content (AvgIpc) is 2.38. The molecule has 0 fully saturated rings. The minimum absolute atomic E-state index is 0.783. The highest BCUT2D eigenvalue weighted by atomic mass is 79.9. The van der Waals surface area contributed by atoms with Crippen LogP contribution in [0.15, 0.2) is 64.0 Å². The van der Waals surface area contributed by atoms with Gasteiger partial charge in [-0.05, 0) is 39.7 Å². The Bertz CT molecular complexity index is 537. The summed E-state index contributed by atoms with van der Waals surface area (Å²) in [6.07, 6.45) is 4.31. The van der Waals surface area contributed by atoms with Crippen LogP contribution in [-0.2, 0) is 0 Å². The Morgan fingerprint density at radius 3 is 2.61 bits per heavy atom. The van der Waals surface area contributed by atoms with Crippen LogP contribution >= 0.6 is 27.7 Å². The van der Waals surface area contributed by atoms with Gasteiger partial charge in [-0.1, -0.05) is 42.5 Å². The summed E-state index contributed by atoms with van der Waals surface area (Å²) in [6.45, 7) is 0. The Kier molecular flexibility index (Phi) is 4.90. The van der Waals surface area contributed by atoms with E-state index in [0.29, 0.717) is 0 Å². The maximum Gasteiger partial charge on any atom is 0.0331 e. The molecule has 0 bridgehead atoms. The fraction of sp³-hybridized carbons (Fsp3) is 0.0667. The van der Waals surface area contributed by atoms with Crippen LogP contribution in [0.3, 0.4) is 0 Å². The second kappa shape index (κ2) is 6.66. The molecule has 0 amide bonds. The van der Waals surface area contributed by atoms with Gasteiger partial charge >= 0.3 is 0 Å². The number of benzene rings is 2. The lowest BCUT2D eigenvalue weighted by Crippen LogP contribution is -1.85. The number of thioether (sulfide) groups is 1. The highest BCUT2D eigenvalue weighted by molar-refractivity contribution is 9.10. The normalized spacial score (nSPS) is 10.9. The lowest BCUT2D eigenvalue weighted by molar-refractivity contribution is 1.41. The van der Waals surface area contributed by atoms with Crippen molar-refractivity contribution in [3.05, 3.63) is 64.6 Å². The third-order valence-electron chi connectivity index (χ3n) is 2.40. The van der Waals surface area contributed by atoms with Gasteiger partial charge in [0.25, 0.3) is 0 Å². The van der Waals surface area contributed by atoms with Gasteiger partial charge in [0.15, 0.2) is 0 Å². The highest BCUT2D eigenvalue weighted by Gasteiger charge is 1.99. The third-order valence-corrected chi connectivity index (χ3v) is 4.35. The van der Waals surface area contributed by atoms with Gasteiger partial charge in [0.2, 0.25) is 0 Å². The predicted molar refractivity (Wildman–Crippen MR) is 84.8 cm³/mol. The molecule has 18 heavy (non-hydrogen) atoms. The molecule has 0 atom stereocenters. The standard InChI is InChI=1S/C15H14BrNS/c16-14-11-13(17)8-9-15(14)18-10-4-7-12-5-2-1-3-6-12/h1-9,11H,10,17H2/b7-4+. The molecule has 0 unspecified atom stereocenters. The van der Waals surface area contributed by atoms with E-state index in [4.69, 9.17) is 5.73 Å². The number of hydrogen-bond donors (Lipinski definition) is 1. The van der Waals surface area contributed by atoms with Gasteiger partial charge in [0, 0.05) is 20.8 Å². The third kappa shape index (κ3) is 3.93. The molecule has 92 valence electrons. The molecule has 0 saturated heterocycles. The molecule has 0 aliphatic heterocycles. The monoisotopic (exact) mass is 319 g/mol. The summed E-state index contributed by atoms with van der Waals surface area (Å²) >= 11 is 5.30. The zero-order valence-electron chi connectivity index (χ0n) is 9.84. The lowest BCUT2D eigenvalue weighted by atomic mass is 10.2. The molecule has 0 aliphatic carbocycles. The summed E-state index contributed by atoms with van der Waals surface area (Å²) < 4.78 is 1.06. The number of anilines is 1. The Hall–Kier alpha value is -1.19. The first kappa shape index (κ1) is 13.2. The van der Waals surface area contributed by atoms with Crippen molar-refractivity contribution < 1.29 is 0 Å². The van der Waals surface area contributed by atoms with Crippen LogP contribution in [-0.4, -0.2) is 5.75 Å². The fourth-order valence-corrected chi connectivity index (χ4v) is 2.99. The molecule has 2 aromatic carbocycles. The minimum Gasteiger partial charge on any atom is -0.399 e. The SMILES string of the molecule is Nc1ccc(SC/C=C/c2ccccc2)c(Br)c1. The molecule has 1 nitrogen and oxygen atoms in total. The molecular weight excluding hydrogens is 306 g/mol. The quantitative estimate of drug-likeness (QED) is 0.644. The van der Waals surface area contributed by atoms with Crippen LogP contribution in [0, 0.1) is 0 Å².